The van der Waals surface area contributed by atoms with Crippen molar-refractivity contribution in [2.24, 2.45) is 5.41 Å². The molecule has 10 heteroatoms. The van der Waals surface area contributed by atoms with Crippen molar-refractivity contribution in [3.05, 3.63) is 0 Å². The predicted molar refractivity (Wildman–Crippen MR) is 235 cm³/mol. The van der Waals surface area contributed by atoms with Crippen molar-refractivity contribution in [2.75, 3.05) is 6.61 Å². The maximum absolute atomic E-state index is 13.5. The topological polar surface area (TPSA) is 72.5 Å². The summed E-state index contributed by atoms with van der Waals surface area (Å²) >= 11 is 0. The molecule has 0 amide bonds. The molecular formula is C44H90O7Si3. The van der Waals surface area contributed by atoms with E-state index in [0.29, 0.717) is 49.9 Å². The molecule has 2 aliphatic rings. The largest absolute Gasteiger partial charge is 0.462 e. The van der Waals surface area contributed by atoms with Crippen LogP contribution in [0.4, 0.5) is 0 Å². The molecule has 2 fully saturated rings. The second-order valence-electron chi connectivity index (χ2n) is 21.0. The van der Waals surface area contributed by atoms with E-state index in [-0.39, 0.29) is 18.7 Å². The van der Waals surface area contributed by atoms with Gasteiger partial charge in [-0.15, -0.1) is 0 Å². The van der Waals surface area contributed by atoms with E-state index in [1.807, 2.05) is 20.8 Å². The molecular weight excluding hydrogens is 725 g/mol. The Bertz CT molecular complexity index is 1060. The summed E-state index contributed by atoms with van der Waals surface area (Å²) in [5.41, 5.74) is 2.48. The summed E-state index contributed by atoms with van der Waals surface area (Å²) in [4.78, 5) is 13.5. The lowest BCUT2D eigenvalue weighted by atomic mass is 9.96. The maximum Gasteiger partial charge on any atom is 0.311 e. The number of rotatable bonds is 19. The van der Waals surface area contributed by atoms with E-state index in [9.17, 15) is 4.79 Å². The lowest BCUT2D eigenvalue weighted by molar-refractivity contribution is -0.306. The number of hydrogen-bond acceptors (Lipinski definition) is 7. The van der Waals surface area contributed by atoms with Gasteiger partial charge in [-0.25, -0.2) is 0 Å². The minimum atomic E-state index is -2.55. The van der Waals surface area contributed by atoms with Gasteiger partial charge in [0.25, 0.3) is 0 Å². The van der Waals surface area contributed by atoms with Crippen molar-refractivity contribution in [1.29, 1.82) is 0 Å². The van der Waals surface area contributed by atoms with Crippen LogP contribution in [-0.2, 0) is 32.3 Å². The summed E-state index contributed by atoms with van der Waals surface area (Å²) in [7, 11) is -7.60. The fourth-order valence-corrected chi connectivity index (χ4v) is 27.9. The van der Waals surface area contributed by atoms with Gasteiger partial charge >= 0.3 is 5.97 Å². The maximum atomic E-state index is 13.5. The first-order valence-corrected chi connectivity index (χ1v) is 28.7. The predicted octanol–water partition coefficient (Wildman–Crippen LogP) is 13.3. The summed E-state index contributed by atoms with van der Waals surface area (Å²) in [6.45, 7) is 48.2. The first-order valence-electron chi connectivity index (χ1n) is 22.3. The average molecular weight is 815 g/mol. The van der Waals surface area contributed by atoms with Crippen LogP contribution >= 0.6 is 0 Å². The number of ether oxygens (including phenoxy) is 3. The highest BCUT2D eigenvalue weighted by Gasteiger charge is 2.61. The molecule has 1 saturated carbocycles. The third kappa shape index (κ3) is 10.7. The number of carbonyl (C=O) groups is 1. The second-order valence-corrected chi connectivity index (χ2v) is 37.2. The fourth-order valence-electron chi connectivity index (χ4n) is 11.2. The van der Waals surface area contributed by atoms with Gasteiger partial charge in [-0.3, -0.25) is 4.79 Å². The van der Waals surface area contributed by atoms with E-state index in [4.69, 9.17) is 27.5 Å². The van der Waals surface area contributed by atoms with Gasteiger partial charge in [-0.05, 0) is 83.5 Å². The Labute approximate surface area is 338 Å². The highest BCUT2D eigenvalue weighted by atomic mass is 28.4. The van der Waals surface area contributed by atoms with E-state index in [2.05, 4.69) is 125 Å². The first kappa shape index (κ1) is 50.1. The molecule has 0 radical (unpaired) electrons. The lowest BCUT2D eigenvalue weighted by Gasteiger charge is -2.57. The van der Waals surface area contributed by atoms with Gasteiger partial charge in [-0.2, -0.15) is 0 Å². The van der Waals surface area contributed by atoms with Crippen molar-refractivity contribution in [2.45, 2.75) is 264 Å². The zero-order valence-electron chi connectivity index (χ0n) is 39.3. The molecule has 54 heavy (non-hydrogen) atoms. The average Bonchev–Trinajstić information content (AvgIpc) is 3.03. The third-order valence-corrected chi connectivity index (χ3v) is 31.9. The van der Waals surface area contributed by atoms with E-state index in [1.54, 1.807) is 0 Å². The molecule has 0 N–H and O–H groups in total. The Balaban J connectivity index is 3.12. The highest BCUT2D eigenvalue weighted by Crippen LogP contribution is 2.51. The molecule has 0 aromatic heterocycles. The molecule has 0 aromatic carbocycles. The van der Waals surface area contributed by atoms with Crippen LogP contribution in [0.3, 0.4) is 0 Å². The molecule has 0 spiro atoms. The minimum absolute atomic E-state index is 0.0803. The zero-order chi connectivity index (χ0) is 41.7. The molecule has 5 atom stereocenters. The minimum Gasteiger partial charge on any atom is -0.462 e. The van der Waals surface area contributed by atoms with Crippen LogP contribution in [0.25, 0.3) is 0 Å². The molecule has 7 nitrogen and oxygen atoms in total. The van der Waals surface area contributed by atoms with E-state index >= 15 is 0 Å². The van der Waals surface area contributed by atoms with Crippen molar-refractivity contribution in [3.63, 3.8) is 0 Å². The van der Waals surface area contributed by atoms with Gasteiger partial charge in [0, 0.05) is 0 Å². The van der Waals surface area contributed by atoms with Gasteiger partial charge < -0.3 is 27.5 Å². The third-order valence-electron chi connectivity index (χ3n) is 13.6. The summed E-state index contributed by atoms with van der Waals surface area (Å²) in [5.74, 6) is -0.244. The monoisotopic (exact) mass is 815 g/mol. The summed E-state index contributed by atoms with van der Waals surface area (Å²) in [6.07, 6.45) is 2.92. The van der Waals surface area contributed by atoms with Crippen LogP contribution in [0.5, 0.6) is 0 Å². The van der Waals surface area contributed by atoms with E-state index in [1.165, 1.54) is 6.42 Å². The van der Waals surface area contributed by atoms with Crippen molar-refractivity contribution in [1.82, 2.24) is 0 Å². The molecule has 0 aromatic rings. The van der Waals surface area contributed by atoms with Gasteiger partial charge in [0.15, 0.2) is 6.29 Å². The van der Waals surface area contributed by atoms with Gasteiger partial charge in [0.1, 0.15) is 31.0 Å². The lowest BCUT2D eigenvalue weighted by Crippen LogP contribution is -2.70. The molecule has 320 valence electrons. The first-order chi connectivity index (χ1) is 24.7. The van der Waals surface area contributed by atoms with E-state index < -0.39 is 61.1 Å². The number of esters is 1. The standard InChI is InChI=1S/C44H90O7Si3/c1-28(2)52(29(3)4,30(5)6)49-39-38(27-46-43(45)44(19,20)21)48-42(47-37-25-23-22-24-26-37)41(51-54(34(13)14,35(15)16)36(17)18)40(39)50-53(31(7)8,32(9)10)33(11)12/h28-42H,22-27H2,1-21H3/t38-,39-,40+,41-,42-/m1/s1. The normalized spacial score (nSPS) is 24.5. The number of hydrogen-bond donors (Lipinski definition) is 0. The van der Waals surface area contributed by atoms with Gasteiger partial charge in [-0.1, -0.05) is 144 Å². The fraction of sp³-hybridized carbons (Fsp3) is 0.977. The summed E-state index contributed by atoms with van der Waals surface area (Å²) < 4.78 is 44.8. The van der Waals surface area contributed by atoms with Crippen LogP contribution < -0.4 is 0 Å². The van der Waals surface area contributed by atoms with Gasteiger partial charge in [0.05, 0.1) is 11.5 Å². The van der Waals surface area contributed by atoms with Gasteiger partial charge in [0.2, 0.25) is 25.0 Å². The Hall–Kier alpha value is -0.0794. The van der Waals surface area contributed by atoms with Crippen LogP contribution in [0.1, 0.15) is 178 Å². The van der Waals surface area contributed by atoms with Crippen molar-refractivity contribution >= 4 is 30.9 Å². The van der Waals surface area contributed by atoms with Crippen LogP contribution in [0.2, 0.25) is 49.9 Å². The SMILES string of the molecule is CC(C)[Si](O[C@@H]1[C@@H](O[Si](C(C)C)(C(C)C)C(C)C)[C@H](OC2CCCCC2)O[C@H](COC(=O)C(C)(C)C)[C@H]1O[Si](C(C)C)(C(C)C)C(C)C)(C(C)C)C(C)C. The van der Waals surface area contributed by atoms with E-state index in [0.717, 1.165) is 25.7 Å². The summed E-state index contributed by atoms with van der Waals surface area (Å²) in [5, 5.41) is 0. The highest BCUT2D eigenvalue weighted by molar-refractivity contribution is 6.79. The molecule has 0 bridgehead atoms. The number of carbonyl (C=O) groups excluding carboxylic acids is 1. The molecule has 0 unspecified atom stereocenters. The molecule has 1 saturated heterocycles. The van der Waals surface area contributed by atoms with Crippen molar-refractivity contribution in [3.8, 4) is 0 Å². The quantitative estimate of drug-likeness (QED) is 0.0950. The Morgan fingerprint density at radius 2 is 0.870 bits per heavy atom. The Morgan fingerprint density at radius 3 is 1.20 bits per heavy atom. The molecule has 2 rings (SSSR count). The summed E-state index contributed by atoms with van der Waals surface area (Å²) in [6, 6.07) is 0. The Morgan fingerprint density at radius 1 is 0.537 bits per heavy atom. The van der Waals surface area contributed by atoms with Crippen LogP contribution in [0.15, 0.2) is 0 Å². The molecule has 1 aliphatic carbocycles. The zero-order valence-corrected chi connectivity index (χ0v) is 42.3. The molecule has 1 heterocycles. The smallest absolute Gasteiger partial charge is 0.311 e. The Kier molecular flexibility index (Phi) is 18.8. The second kappa shape index (κ2) is 20.3. The van der Waals surface area contributed by atoms with Crippen molar-refractivity contribution < 1.29 is 32.3 Å². The molecule has 1 aliphatic heterocycles. The van der Waals surface area contributed by atoms with Crippen LogP contribution in [0, 0.1) is 5.41 Å². The van der Waals surface area contributed by atoms with Crippen LogP contribution in [-0.4, -0.2) is 74.3 Å².